The molecule has 0 bridgehead atoms. The molecule has 3 aromatic carbocycles. The number of aromatic nitrogens is 1. The van der Waals surface area contributed by atoms with Gasteiger partial charge in [0.25, 0.3) is 5.60 Å². The van der Waals surface area contributed by atoms with Crippen molar-refractivity contribution in [2.24, 2.45) is 0 Å². The summed E-state index contributed by atoms with van der Waals surface area (Å²) in [7, 11) is 0. The molecule has 0 radical (unpaired) electrons. The lowest BCUT2D eigenvalue weighted by Crippen LogP contribution is -2.53. The molecule has 3 nitrogen and oxygen atoms in total. The predicted molar refractivity (Wildman–Crippen MR) is 121 cm³/mol. The summed E-state index contributed by atoms with van der Waals surface area (Å²) in [6.07, 6.45) is -11.6. The molecule has 2 N–H and O–H groups in total. The Balaban J connectivity index is 1.92. The molecule has 0 spiro atoms. The van der Waals surface area contributed by atoms with Gasteiger partial charge in [-0.2, -0.15) is 26.3 Å². The van der Waals surface area contributed by atoms with Crippen molar-refractivity contribution in [2.75, 3.05) is 5.32 Å². The van der Waals surface area contributed by atoms with Gasteiger partial charge < -0.3 is 10.4 Å². The molecule has 0 aliphatic carbocycles. The average Bonchev–Trinajstić information content (AvgIpc) is 3.31. The summed E-state index contributed by atoms with van der Waals surface area (Å²) >= 11 is 0.0922. The molecule has 4 rings (SSSR count). The van der Waals surface area contributed by atoms with Crippen LogP contribution in [0.5, 0.6) is 0 Å². The summed E-state index contributed by atoms with van der Waals surface area (Å²) in [5.41, 5.74) is -4.23. The van der Waals surface area contributed by atoms with Gasteiger partial charge in [0.2, 0.25) is 0 Å². The highest BCUT2D eigenvalue weighted by Crippen LogP contribution is 2.52. The van der Waals surface area contributed by atoms with E-state index in [1.54, 1.807) is 91.0 Å². The Bertz CT molecular complexity index is 1150. The number of anilines is 1. The highest BCUT2D eigenvalue weighted by atomic mass is 32.1. The van der Waals surface area contributed by atoms with Gasteiger partial charge >= 0.3 is 12.4 Å². The molecule has 4 aromatic rings. The summed E-state index contributed by atoms with van der Waals surface area (Å²) in [6.45, 7) is 0. The number of alkyl halides is 6. The lowest BCUT2D eigenvalue weighted by Gasteiger charge is -2.37. The van der Waals surface area contributed by atoms with E-state index < -0.39 is 28.4 Å². The maximum absolute atomic E-state index is 13.4. The third-order valence-corrected chi connectivity index (χ3v) is 6.62. The Morgan fingerprint density at radius 1 is 0.629 bits per heavy atom. The third kappa shape index (κ3) is 4.28. The van der Waals surface area contributed by atoms with Crippen molar-refractivity contribution < 1.29 is 31.4 Å². The van der Waals surface area contributed by atoms with E-state index in [2.05, 4.69) is 10.3 Å². The largest absolute Gasteiger partial charge is 0.431 e. The van der Waals surface area contributed by atoms with Crippen molar-refractivity contribution in [3.63, 3.8) is 0 Å². The molecule has 0 aliphatic rings. The first kappa shape index (κ1) is 24.7. The van der Waals surface area contributed by atoms with Crippen LogP contribution in [0.4, 0.5) is 31.5 Å². The van der Waals surface area contributed by atoms with Crippen molar-refractivity contribution in [1.82, 2.24) is 4.98 Å². The SMILES string of the molecule is OC(c1cnc(NC(c2ccccc2)(c2ccccc2)c2ccccc2)s1)(C(F)(F)F)C(F)(F)F. The van der Waals surface area contributed by atoms with Gasteiger partial charge in [-0.1, -0.05) is 102 Å². The smallest absolute Gasteiger partial charge is 0.369 e. The Hall–Kier alpha value is -3.37. The van der Waals surface area contributed by atoms with Crippen LogP contribution < -0.4 is 5.32 Å². The van der Waals surface area contributed by atoms with Crippen LogP contribution in [0.25, 0.3) is 0 Å². The molecule has 0 fully saturated rings. The zero-order valence-corrected chi connectivity index (χ0v) is 18.6. The summed E-state index contributed by atoms with van der Waals surface area (Å²) in [5, 5.41) is 12.7. The van der Waals surface area contributed by atoms with E-state index in [1.807, 2.05) is 0 Å². The monoisotopic (exact) mass is 508 g/mol. The molecule has 1 heterocycles. The van der Waals surface area contributed by atoms with Crippen LogP contribution in [0, 0.1) is 0 Å². The molecule has 182 valence electrons. The topological polar surface area (TPSA) is 45.2 Å². The van der Waals surface area contributed by atoms with Crippen LogP contribution in [0.1, 0.15) is 21.6 Å². The molecule has 0 saturated heterocycles. The molecular weight excluding hydrogens is 490 g/mol. The van der Waals surface area contributed by atoms with Crippen molar-refractivity contribution >= 4 is 16.5 Å². The summed E-state index contributed by atoms with van der Waals surface area (Å²) < 4.78 is 80.5. The van der Waals surface area contributed by atoms with Crippen molar-refractivity contribution in [2.45, 2.75) is 23.5 Å². The molecule has 35 heavy (non-hydrogen) atoms. The van der Waals surface area contributed by atoms with Gasteiger partial charge in [0.05, 0.1) is 4.88 Å². The number of rotatable bonds is 6. The fourth-order valence-corrected chi connectivity index (χ4v) is 4.88. The van der Waals surface area contributed by atoms with Gasteiger partial charge in [0.15, 0.2) is 5.13 Å². The summed E-state index contributed by atoms with van der Waals surface area (Å²) in [5.74, 6) is 0. The second-order valence-electron chi connectivity index (χ2n) is 7.71. The quantitative estimate of drug-likeness (QED) is 0.221. The predicted octanol–water partition coefficient (Wildman–Crippen LogP) is 6.86. The third-order valence-electron chi connectivity index (χ3n) is 5.60. The maximum atomic E-state index is 13.4. The second kappa shape index (κ2) is 9.01. The first-order valence-corrected chi connectivity index (χ1v) is 11.1. The van der Waals surface area contributed by atoms with Crippen LogP contribution in [-0.2, 0) is 11.1 Å². The number of hydrogen-bond acceptors (Lipinski definition) is 4. The van der Waals surface area contributed by atoms with Gasteiger partial charge in [-0.25, -0.2) is 4.98 Å². The molecule has 0 amide bonds. The van der Waals surface area contributed by atoms with E-state index in [4.69, 9.17) is 0 Å². The van der Waals surface area contributed by atoms with E-state index in [9.17, 15) is 31.4 Å². The van der Waals surface area contributed by atoms with Crippen LogP contribution in [0.15, 0.2) is 97.2 Å². The zero-order valence-electron chi connectivity index (χ0n) is 17.8. The first-order valence-electron chi connectivity index (χ1n) is 10.3. The van der Waals surface area contributed by atoms with E-state index >= 15 is 0 Å². The van der Waals surface area contributed by atoms with Gasteiger partial charge in [0, 0.05) is 6.20 Å². The number of hydrogen-bond donors (Lipinski definition) is 2. The Morgan fingerprint density at radius 3 is 1.34 bits per heavy atom. The Kier molecular flexibility index (Phi) is 6.37. The van der Waals surface area contributed by atoms with Crippen molar-refractivity contribution in [3.8, 4) is 0 Å². The lowest BCUT2D eigenvalue weighted by atomic mass is 9.77. The minimum Gasteiger partial charge on any atom is -0.369 e. The van der Waals surface area contributed by atoms with Gasteiger partial charge in [-0.05, 0) is 16.7 Å². The van der Waals surface area contributed by atoms with Crippen molar-refractivity contribution in [1.29, 1.82) is 0 Å². The van der Waals surface area contributed by atoms with Gasteiger partial charge in [-0.3, -0.25) is 0 Å². The molecule has 0 aliphatic heterocycles. The summed E-state index contributed by atoms with van der Waals surface area (Å²) in [4.78, 5) is 2.43. The number of nitrogens with zero attached hydrogens (tertiary/aromatic N) is 1. The fourth-order valence-electron chi connectivity index (χ4n) is 3.88. The lowest BCUT2D eigenvalue weighted by molar-refractivity contribution is -0.375. The summed E-state index contributed by atoms with van der Waals surface area (Å²) in [6, 6.07) is 26.8. The van der Waals surface area contributed by atoms with Crippen LogP contribution in [0.2, 0.25) is 0 Å². The molecule has 1 aromatic heterocycles. The molecular formula is C25H18F6N2OS. The normalized spacial score (nSPS) is 13.0. The van der Waals surface area contributed by atoms with Gasteiger partial charge in [0.1, 0.15) is 5.54 Å². The Labute approximate surface area is 200 Å². The average molecular weight is 508 g/mol. The highest BCUT2D eigenvalue weighted by molar-refractivity contribution is 7.15. The van der Waals surface area contributed by atoms with Crippen LogP contribution >= 0.6 is 11.3 Å². The molecule has 10 heteroatoms. The molecule has 0 saturated carbocycles. The minimum absolute atomic E-state index is 0.0922. The first-order chi connectivity index (χ1) is 16.5. The van der Waals surface area contributed by atoms with E-state index in [-0.39, 0.29) is 16.5 Å². The maximum Gasteiger partial charge on any atom is 0.431 e. The van der Waals surface area contributed by atoms with E-state index in [0.29, 0.717) is 22.9 Å². The zero-order chi connectivity index (χ0) is 25.3. The van der Waals surface area contributed by atoms with Crippen LogP contribution in [0.3, 0.4) is 0 Å². The molecule has 0 unspecified atom stereocenters. The number of halogens is 6. The van der Waals surface area contributed by atoms with E-state index in [0.717, 1.165) is 0 Å². The van der Waals surface area contributed by atoms with E-state index in [1.165, 1.54) is 0 Å². The number of aliphatic hydroxyl groups is 1. The second-order valence-corrected chi connectivity index (χ2v) is 8.74. The number of benzene rings is 3. The minimum atomic E-state index is -6.00. The fraction of sp³-hybridized carbons (Fsp3) is 0.160. The number of thiazole rings is 1. The highest BCUT2D eigenvalue weighted by Gasteiger charge is 2.72. The standard InChI is InChI=1S/C25H18F6N2OS/c26-24(27,28)23(34,25(29,30)31)20-16-32-21(35-20)33-22(17-10-4-1-5-11-17,18-12-6-2-7-13-18)19-14-8-3-9-15-19/h1-16,34H,(H,32,33). The number of nitrogens with one attached hydrogen (secondary N) is 1. The van der Waals surface area contributed by atoms with Crippen LogP contribution in [-0.4, -0.2) is 22.4 Å². The molecule has 0 atom stereocenters. The van der Waals surface area contributed by atoms with Gasteiger partial charge in [-0.15, -0.1) is 0 Å². The Morgan fingerprint density at radius 2 is 1.00 bits per heavy atom. The van der Waals surface area contributed by atoms with Crippen molar-refractivity contribution in [3.05, 3.63) is 119 Å².